The molecule has 0 aromatic carbocycles. The predicted molar refractivity (Wildman–Crippen MR) is 78.8 cm³/mol. The lowest BCUT2D eigenvalue weighted by Gasteiger charge is -2.13. The number of thioether (sulfide) groups is 1. The van der Waals surface area contributed by atoms with Crippen molar-refractivity contribution >= 4 is 23.5 Å². The molecular formula is C13H17N5OS. The molecule has 7 heteroatoms. The number of amides is 1. The molecule has 2 aromatic rings. The number of aromatic nitrogens is 4. The number of fused-ring (bicyclic) bond motifs is 1. The zero-order chi connectivity index (χ0) is 14.4. The third kappa shape index (κ3) is 2.02. The van der Waals surface area contributed by atoms with Crippen LogP contribution in [0.3, 0.4) is 0 Å². The number of hydrogen-bond acceptors (Lipinski definition) is 4. The fourth-order valence-electron chi connectivity index (χ4n) is 2.67. The summed E-state index contributed by atoms with van der Waals surface area (Å²) in [6, 6.07) is 0. The van der Waals surface area contributed by atoms with Gasteiger partial charge < -0.3 is 5.32 Å². The van der Waals surface area contributed by atoms with E-state index in [2.05, 4.69) is 15.5 Å². The lowest BCUT2D eigenvalue weighted by Crippen LogP contribution is -2.15. The van der Waals surface area contributed by atoms with Crippen LogP contribution in [0.5, 0.6) is 0 Å². The van der Waals surface area contributed by atoms with Gasteiger partial charge >= 0.3 is 0 Å². The first-order valence-corrected chi connectivity index (χ1v) is 7.47. The summed E-state index contributed by atoms with van der Waals surface area (Å²) in [7, 11) is 3.77. The molecule has 0 radical (unpaired) electrons. The minimum Gasteiger partial charge on any atom is -0.310 e. The van der Waals surface area contributed by atoms with Gasteiger partial charge in [-0.25, -0.2) is 0 Å². The summed E-state index contributed by atoms with van der Waals surface area (Å²) in [6.07, 6.45) is 2.03. The second kappa shape index (κ2) is 4.66. The molecule has 1 amide bonds. The van der Waals surface area contributed by atoms with Gasteiger partial charge in [-0.15, -0.1) is 11.8 Å². The summed E-state index contributed by atoms with van der Waals surface area (Å²) in [5, 5.41) is 11.9. The molecule has 0 bridgehead atoms. The Morgan fingerprint density at radius 1 is 1.30 bits per heavy atom. The lowest BCUT2D eigenvalue weighted by atomic mass is 10.1. The van der Waals surface area contributed by atoms with E-state index in [1.165, 1.54) is 0 Å². The number of hydrogen-bond donors (Lipinski definition) is 1. The number of nitrogens with zero attached hydrogens (tertiary/aromatic N) is 4. The van der Waals surface area contributed by atoms with E-state index >= 15 is 0 Å². The molecule has 3 heterocycles. The summed E-state index contributed by atoms with van der Waals surface area (Å²) in [5.74, 6) is 1.25. The minimum absolute atomic E-state index is 0.0169. The molecule has 0 aliphatic carbocycles. The van der Waals surface area contributed by atoms with Crippen molar-refractivity contribution in [3.8, 4) is 0 Å². The normalized spacial score (nSPS) is 18.6. The standard InChI is InChI=1S/C13H17N5OS/c1-7-9(5-17(3)15-7)12-11-8(2)16-18(4)13(11)14-10(19)6-20-12/h5,12H,6H2,1-4H3,(H,14,19)/t12-/m0/s1. The molecule has 1 N–H and O–H groups in total. The van der Waals surface area contributed by atoms with Gasteiger partial charge in [-0.3, -0.25) is 14.2 Å². The average molecular weight is 291 g/mol. The first kappa shape index (κ1) is 13.2. The molecule has 1 aliphatic heterocycles. The topological polar surface area (TPSA) is 64.7 Å². The van der Waals surface area contributed by atoms with Crippen LogP contribution in [0.4, 0.5) is 5.82 Å². The largest absolute Gasteiger partial charge is 0.310 e. The Kier molecular flexibility index (Phi) is 3.08. The summed E-state index contributed by atoms with van der Waals surface area (Å²) < 4.78 is 3.56. The zero-order valence-electron chi connectivity index (χ0n) is 12.0. The monoisotopic (exact) mass is 291 g/mol. The molecule has 1 aliphatic rings. The van der Waals surface area contributed by atoms with Gasteiger partial charge in [0.15, 0.2) is 0 Å². The highest BCUT2D eigenvalue weighted by molar-refractivity contribution is 8.00. The molecule has 106 valence electrons. The molecule has 0 fully saturated rings. The van der Waals surface area contributed by atoms with Crippen molar-refractivity contribution in [2.45, 2.75) is 19.1 Å². The van der Waals surface area contributed by atoms with Gasteiger partial charge in [-0.2, -0.15) is 10.2 Å². The van der Waals surface area contributed by atoms with Crippen LogP contribution < -0.4 is 5.32 Å². The van der Waals surface area contributed by atoms with Gasteiger partial charge in [-0.05, 0) is 13.8 Å². The molecule has 0 saturated heterocycles. The van der Waals surface area contributed by atoms with Gasteiger partial charge in [-0.1, -0.05) is 0 Å². The van der Waals surface area contributed by atoms with E-state index in [1.54, 1.807) is 16.4 Å². The fraction of sp³-hybridized carbons (Fsp3) is 0.462. The molecule has 3 rings (SSSR count). The fourth-order valence-corrected chi connectivity index (χ4v) is 3.92. The number of carbonyl (C=O) groups is 1. The Labute approximate surface area is 121 Å². The van der Waals surface area contributed by atoms with Crippen molar-refractivity contribution in [2.24, 2.45) is 14.1 Å². The summed E-state index contributed by atoms with van der Waals surface area (Å²) >= 11 is 1.62. The molecule has 6 nitrogen and oxygen atoms in total. The smallest absolute Gasteiger partial charge is 0.235 e. The van der Waals surface area contributed by atoms with Crippen LogP contribution in [0.1, 0.15) is 27.8 Å². The van der Waals surface area contributed by atoms with Gasteiger partial charge in [0.1, 0.15) is 5.82 Å². The summed E-state index contributed by atoms with van der Waals surface area (Å²) in [4.78, 5) is 11.9. The molecular weight excluding hydrogens is 274 g/mol. The maximum absolute atomic E-state index is 11.9. The maximum atomic E-state index is 11.9. The molecule has 1 atom stereocenters. The first-order chi connectivity index (χ1) is 9.47. The van der Waals surface area contributed by atoms with Crippen molar-refractivity contribution in [3.63, 3.8) is 0 Å². The van der Waals surface area contributed by atoms with Crippen LogP contribution in [0.2, 0.25) is 0 Å². The minimum atomic E-state index is 0.0169. The quantitative estimate of drug-likeness (QED) is 0.865. The predicted octanol–water partition coefficient (Wildman–Crippen LogP) is 1.55. The Hall–Kier alpha value is -1.76. The third-order valence-electron chi connectivity index (χ3n) is 3.50. The molecule has 0 unspecified atom stereocenters. The Morgan fingerprint density at radius 3 is 2.70 bits per heavy atom. The number of anilines is 1. The lowest BCUT2D eigenvalue weighted by molar-refractivity contribution is -0.113. The highest BCUT2D eigenvalue weighted by Crippen LogP contribution is 2.43. The highest BCUT2D eigenvalue weighted by Gasteiger charge is 2.31. The van der Waals surface area contributed by atoms with Crippen molar-refractivity contribution in [2.75, 3.05) is 11.1 Å². The van der Waals surface area contributed by atoms with Crippen LogP contribution in [0.15, 0.2) is 6.20 Å². The summed E-state index contributed by atoms with van der Waals surface area (Å²) in [5.41, 5.74) is 4.17. The maximum Gasteiger partial charge on any atom is 0.235 e. The van der Waals surface area contributed by atoms with E-state index in [1.807, 2.05) is 38.8 Å². The van der Waals surface area contributed by atoms with Gasteiger partial charge in [0.2, 0.25) is 5.91 Å². The van der Waals surface area contributed by atoms with Gasteiger partial charge in [0.25, 0.3) is 0 Å². The molecule has 20 heavy (non-hydrogen) atoms. The Bertz CT molecular complexity index is 687. The number of rotatable bonds is 1. The number of carbonyl (C=O) groups excluding carboxylic acids is 1. The van der Waals surface area contributed by atoms with Crippen LogP contribution in [0, 0.1) is 13.8 Å². The average Bonchev–Trinajstić information content (AvgIpc) is 2.76. The first-order valence-electron chi connectivity index (χ1n) is 6.42. The molecule has 0 spiro atoms. The van der Waals surface area contributed by atoms with E-state index in [-0.39, 0.29) is 11.2 Å². The van der Waals surface area contributed by atoms with Crippen molar-refractivity contribution in [1.82, 2.24) is 19.6 Å². The van der Waals surface area contributed by atoms with E-state index in [4.69, 9.17) is 0 Å². The highest BCUT2D eigenvalue weighted by atomic mass is 32.2. The van der Waals surface area contributed by atoms with Gasteiger partial charge in [0.05, 0.1) is 22.4 Å². The van der Waals surface area contributed by atoms with E-state index in [9.17, 15) is 4.79 Å². The third-order valence-corrected chi connectivity index (χ3v) is 4.76. The van der Waals surface area contributed by atoms with Crippen molar-refractivity contribution in [3.05, 3.63) is 28.7 Å². The van der Waals surface area contributed by atoms with Crippen molar-refractivity contribution in [1.29, 1.82) is 0 Å². The second-order valence-electron chi connectivity index (χ2n) is 5.05. The van der Waals surface area contributed by atoms with E-state index < -0.39 is 0 Å². The Morgan fingerprint density at radius 2 is 2.05 bits per heavy atom. The molecule has 0 saturated carbocycles. The van der Waals surface area contributed by atoms with E-state index in [0.717, 1.165) is 28.3 Å². The number of aryl methyl sites for hydroxylation is 4. The SMILES string of the molecule is Cc1nn(C)cc1[C@@H]1SCC(=O)Nc2c1c(C)nn2C. The Balaban J connectivity index is 2.17. The van der Waals surface area contributed by atoms with Crippen LogP contribution in [0.25, 0.3) is 0 Å². The van der Waals surface area contributed by atoms with Crippen LogP contribution in [-0.4, -0.2) is 31.2 Å². The summed E-state index contributed by atoms with van der Waals surface area (Å²) in [6.45, 7) is 3.98. The second-order valence-corrected chi connectivity index (χ2v) is 6.15. The van der Waals surface area contributed by atoms with Crippen LogP contribution >= 0.6 is 11.8 Å². The van der Waals surface area contributed by atoms with E-state index in [0.29, 0.717) is 5.75 Å². The van der Waals surface area contributed by atoms with Gasteiger partial charge in [0, 0.05) is 31.4 Å². The molecule has 2 aromatic heterocycles. The van der Waals surface area contributed by atoms with Crippen LogP contribution in [-0.2, 0) is 18.9 Å². The van der Waals surface area contributed by atoms with Crippen molar-refractivity contribution < 1.29 is 4.79 Å². The number of nitrogens with one attached hydrogen (secondary N) is 1. The zero-order valence-corrected chi connectivity index (χ0v) is 12.8.